The fourth-order valence-electron chi connectivity index (χ4n) is 1.14. The van der Waals surface area contributed by atoms with Gasteiger partial charge in [0.05, 0.1) is 22.8 Å². The van der Waals surface area contributed by atoms with Crippen LogP contribution in [-0.2, 0) is 14.8 Å². The SMILES string of the molecule is O=C(O)CCS(=O)(=O)Nc1cccc([N+](=O)[O-])c1. The van der Waals surface area contributed by atoms with Crippen LogP contribution in [0.15, 0.2) is 24.3 Å². The average Bonchev–Trinajstić information content (AvgIpc) is 2.26. The molecule has 0 aliphatic carbocycles. The Morgan fingerprint density at radius 2 is 2.11 bits per heavy atom. The van der Waals surface area contributed by atoms with E-state index in [1.807, 2.05) is 0 Å². The number of nitro groups is 1. The average molecular weight is 274 g/mol. The largest absolute Gasteiger partial charge is 0.481 e. The predicted octanol–water partition coefficient (Wildman–Crippen LogP) is 0.811. The topological polar surface area (TPSA) is 127 Å². The van der Waals surface area contributed by atoms with Gasteiger partial charge in [-0.1, -0.05) is 6.07 Å². The normalized spacial score (nSPS) is 10.9. The van der Waals surface area contributed by atoms with Gasteiger partial charge in [0.15, 0.2) is 0 Å². The van der Waals surface area contributed by atoms with Crippen molar-refractivity contribution in [3.63, 3.8) is 0 Å². The number of rotatable bonds is 6. The van der Waals surface area contributed by atoms with E-state index in [9.17, 15) is 23.3 Å². The number of anilines is 1. The van der Waals surface area contributed by atoms with Gasteiger partial charge in [0.2, 0.25) is 10.0 Å². The van der Waals surface area contributed by atoms with E-state index in [0.29, 0.717) is 0 Å². The molecule has 0 atom stereocenters. The van der Waals surface area contributed by atoms with E-state index in [1.165, 1.54) is 18.2 Å². The second-order valence-corrected chi connectivity index (χ2v) is 5.21. The van der Waals surface area contributed by atoms with Crippen molar-refractivity contribution in [2.45, 2.75) is 6.42 Å². The Balaban J connectivity index is 2.81. The molecular weight excluding hydrogens is 264 g/mol. The van der Waals surface area contributed by atoms with Crippen molar-refractivity contribution in [2.75, 3.05) is 10.5 Å². The van der Waals surface area contributed by atoms with Crippen molar-refractivity contribution < 1.29 is 23.2 Å². The van der Waals surface area contributed by atoms with Crippen LogP contribution in [0.25, 0.3) is 0 Å². The van der Waals surface area contributed by atoms with Crippen molar-refractivity contribution in [3.05, 3.63) is 34.4 Å². The van der Waals surface area contributed by atoms with Crippen LogP contribution in [0.2, 0.25) is 0 Å². The summed E-state index contributed by atoms with van der Waals surface area (Å²) in [6.07, 6.45) is -0.537. The highest BCUT2D eigenvalue weighted by Gasteiger charge is 2.14. The van der Waals surface area contributed by atoms with Crippen LogP contribution in [0.5, 0.6) is 0 Å². The summed E-state index contributed by atoms with van der Waals surface area (Å²) >= 11 is 0. The lowest BCUT2D eigenvalue weighted by atomic mass is 10.3. The minimum Gasteiger partial charge on any atom is -0.481 e. The minimum atomic E-state index is -3.83. The molecule has 0 unspecified atom stereocenters. The Kier molecular flexibility index (Phi) is 4.21. The Morgan fingerprint density at radius 1 is 1.44 bits per heavy atom. The summed E-state index contributed by atoms with van der Waals surface area (Å²) in [5.41, 5.74) is -0.233. The maximum Gasteiger partial charge on any atom is 0.304 e. The lowest BCUT2D eigenvalue weighted by Crippen LogP contribution is -2.18. The van der Waals surface area contributed by atoms with Crippen molar-refractivity contribution in [1.29, 1.82) is 0 Å². The molecule has 0 heterocycles. The molecule has 0 bridgehead atoms. The van der Waals surface area contributed by atoms with E-state index >= 15 is 0 Å². The number of non-ortho nitro benzene ring substituents is 1. The number of sulfonamides is 1. The predicted molar refractivity (Wildman–Crippen MR) is 62.8 cm³/mol. The highest BCUT2D eigenvalue weighted by atomic mass is 32.2. The first-order chi connectivity index (χ1) is 8.30. The van der Waals surface area contributed by atoms with Crippen LogP contribution in [0.3, 0.4) is 0 Å². The first kappa shape index (κ1) is 13.9. The molecule has 0 radical (unpaired) electrons. The van der Waals surface area contributed by atoms with Gasteiger partial charge >= 0.3 is 5.97 Å². The molecule has 1 rings (SSSR count). The van der Waals surface area contributed by atoms with Gasteiger partial charge in [0.1, 0.15) is 0 Å². The summed E-state index contributed by atoms with van der Waals surface area (Å²) in [4.78, 5) is 20.1. The first-order valence-electron chi connectivity index (χ1n) is 4.77. The van der Waals surface area contributed by atoms with Gasteiger partial charge in [-0.15, -0.1) is 0 Å². The smallest absolute Gasteiger partial charge is 0.304 e. The van der Waals surface area contributed by atoms with Crippen LogP contribution in [-0.4, -0.2) is 30.2 Å². The molecule has 0 amide bonds. The number of nitrogens with zero attached hydrogens (tertiary/aromatic N) is 1. The molecule has 98 valence electrons. The summed E-state index contributed by atoms with van der Waals surface area (Å²) in [6, 6.07) is 4.94. The van der Waals surface area contributed by atoms with Gasteiger partial charge in [0.25, 0.3) is 5.69 Å². The van der Waals surface area contributed by atoms with Crippen LogP contribution >= 0.6 is 0 Å². The van der Waals surface area contributed by atoms with E-state index < -0.39 is 33.1 Å². The fraction of sp³-hybridized carbons (Fsp3) is 0.222. The summed E-state index contributed by atoms with van der Waals surface area (Å²) in [5.74, 6) is -1.83. The second-order valence-electron chi connectivity index (χ2n) is 3.37. The molecule has 9 heteroatoms. The second kappa shape index (κ2) is 5.45. The lowest BCUT2D eigenvalue weighted by Gasteiger charge is -2.06. The van der Waals surface area contributed by atoms with E-state index in [2.05, 4.69) is 4.72 Å². The van der Waals surface area contributed by atoms with Crippen LogP contribution < -0.4 is 4.72 Å². The van der Waals surface area contributed by atoms with Gasteiger partial charge in [-0.05, 0) is 6.07 Å². The summed E-state index contributed by atoms with van der Waals surface area (Å²) in [6.45, 7) is 0. The Labute approximate surface area is 102 Å². The summed E-state index contributed by atoms with van der Waals surface area (Å²) in [5, 5.41) is 18.9. The quantitative estimate of drug-likeness (QED) is 0.583. The van der Waals surface area contributed by atoms with Gasteiger partial charge in [-0.25, -0.2) is 8.42 Å². The molecule has 0 fully saturated rings. The monoisotopic (exact) mass is 274 g/mol. The number of nitro benzene ring substituents is 1. The maximum atomic E-state index is 11.4. The number of hydrogen-bond acceptors (Lipinski definition) is 5. The first-order valence-corrected chi connectivity index (χ1v) is 6.42. The number of hydrogen-bond donors (Lipinski definition) is 2. The Hall–Kier alpha value is -2.16. The number of carboxylic acids is 1. The van der Waals surface area contributed by atoms with Gasteiger partial charge in [-0.3, -0.25) is 19.6 Å². The molecule has 1 aromatic rings. The third kappa shape index (κ3) is 4.37. The highest BCUT2D eigenvalue weighted by Crippen LogP contribution is 2.18. The lowest BCUT2D eigenvalue weighted by molar-refractivity contribution is -0.384. The number of carbonyl (C=O) groups is 1. The van der Waals surface area contributed by atoms with Crippen LogP contribution in [0.4, 0.5) is 11.4 Å². The van der Waals surface area contributed by atoms with E-state index in [-0.39, 0.29) is 11.4 Å². The van der Waals surface area contributed by atoms with Crippen molar-refractivity contribution in [3.8, 4) is 0 Å². The molecule has 8 nitrogen and oxygen atoms in total. The highest BCUT2D eigenvalue weighted by molar-refractivity contribution is 7.92. The molecule has 0 saturated heterocycles. The number of benzene rings is 1. The summed E-state index contributed by atoms with van der Waals surface area (Å²) in [7, 11) is -3.83. The molecule has 18 heavy (non-hydrogen) atoms. The van der Waals surface area contributed by atoms with Gasteiger partial charge in [-0.2, -0.15) is 0 Å². The van der Waals surface area contributed by atoms with E-state index in [0.717, 1.165) is 6.07 Å². The molecule has 0 saturated carbocycles. The van der Waals surface area contributed by atoms with Gasteiger partial charge < -0.3 is 5.11 Å². The zero-order valence-corrected chi connectivity index (χ0v) is 9.88. The van der Waals surface area contributed by atoms with E-state index in [4.69, 9.17) is 5.11 Å². The molecule has 2 N–H and O–H groups in total. The number of nitrogens with one attached hydrogen (secondary N) is 1. The number of aliphatic carboxylic acids is 1. The maximum absolute atomic E-state index is 11.4. The molecule has 0 aliphatic rings. The number of carboxylic acid groups (broad SMARTS) is 1. The molecule has 0 aliphatic heterocycles. The van der Waals surface area contributed by atoms with E-state index in [1.54, 1.807) is 0 Å². The Morgan fingerprint density at radius 3 is 2.67 bits per heavy atom. The van der Waals surface area contributed by atoms with Crippen molar-refractivity contribution in [2.24, 2.45) is 0 Å². The van der Waals surface area contributed by atoms with Crippen LogP contribution in [0.1, 0.15) is 6.42 Å². The summed E-state index contributed by atoms with van der Waals surface area (Å²) < 4.78 is 25.0. The van der Waals surface area contributed by atoms with Gasteiger partial charge in [0, 0.05) is 12.1 Å². The molecule has 1 aromatic carbocycles. The third-order valence-corrected chi connectivity index (χ3v) is 3.20. The van der Waals surface area contributed by atoms with Crippen LogP contribution in [0, 0.1) is 10.1 Å². The third-order valence-electron chi connectivity index (χ3n) is 1.91. The Bertz CT molecular complexity index is 568. The zero-order valence-electron chi connectivity index (χ0n) is 9.07. The van der Waals surface area contributed by atoms with Crippen molar-refractivity contribution >= 4 is 27.4 Å². The molecule has 0 aromatic heterocycles. The fourth-order valence-corrected chi connectivity index (χ4v) is 2.17. The minimum absolute atomic E-state index is 0.0228. The zero-order chi connectivity index (χ0) is 13.8. The molecular formula is C9H10N2O6S. The molecule has 0 spiro atoms. The standard InChI is InChI=1S/C9H10N2O6S/c12-9(13)4-5-18(16,17)10-7-2-1-3-8(6-7)11(14)15/h1-3,6,10H,4-5H2,(H,12,13). The van der Waals surface area contributed by atoms with Crippen molar-refractivity contribution in [1.82, 2.24) is 0 Å².